The van der Waals surface area contributed by atoms with Crippen LogP contribution in [-0.2, 0) is 4.79 Å². The molecule has 0 heterocycles. The molecule has 6 heteroatoms. The Kier molecular flexibility index (Phi) is 8.47. The average Bonchev–Trinajstić information content (AvgIpc) is 2.27. The molecule has 0 rings (SSSR count). The molecule has 17 heavy (non-hydrogen) atoms. The number of nitrogens with two attached hydrogens (primary N) is 1. The second-order valence-electron chi connectivity index (χ2n) is 3.81. The van der Waals surface area contributed by atoms with Gasteiger partial charge in [-0.25, -0.2) is 4.79 Å². The Morgan fingerprint density at radius 3 is 2.59 bits per heavy atom. The van der Waals surface area contributed by atoms with Gasteiger partial charge >= 0.3 is 6.03 Å². The largest absolute Gasteiger partial charge is 0.370 e. The molecule has 1 atom stereocenters. The van der Waals surface area contributed by atoms with Crippen molar-refractivity contribution in [2.24, 2.45) is 5.73 Å². The molecule has 0 fully saturated rings. The number of rotatable bonds is 8. The van der Waals surface area contributed by atoms with Crippen LogP contribution in [0.25, 0.3) is 0 Å². The number of hydrogen-bond acceptors (Lipinski definition) is 3. The summed E-state index contributed by atoms with van der Waals surface area (Å²) >= 11 is 0. The van der Waals surface area contributed by atoms with E-state index in [1.807, 2.05) is 0 Å². The van der Waals surface area contributed by atoms with Gasteiger partial charge < -0.3 is 16.4 Å². The minimum absolute atomic E-state index is 0.167. The number of hydrogen-bond donors (Lipinski definition) is 3. The van der Waals surface area contributed by atoms with Crippen LogP contribution < -0.4 is 16.4 Å². The van der Waals surface area contributed by atoms with Crippen LogP contribution in [0.1, 0.15) is 39.0 Å². The molecule has 0 bridgehead atoms. The van der Waals surface area contributed by atoms with Crippen molar-refractivity contribution in [3.8, 4) is 6.07 Å². The van der Waals surface area contributed by atoms with Gasteiger partial charge in [-0.3, -0.25) is 4.79 Å². The minimum Gasteiger partial charge on any atom is -0.370 e. The third kappa shape index (κ3) is 9.18. The number of carbonyl (C=O) groups excluding carboxylic acids is 2. The SMILES string of the molecule is CCCCCCNC(=O)N[C@@H](C#N)CC(N)=O. The highest BCUT2D eigenvalue weighted by molar-refractivity contribution is 5.78. The molecule has 0 spiro atoms. The van der Waals surface area contributed by atoms with E-state index in [0.717, 1.165) is 25.7 Å². The van der Waals surface area contributed by atoms with Crippen LogP contribution in [0, 0.1) is 11.3 Å². The quantitative estimate of drug-likeness (QED) is 0.541. The van der Waals surface area contributed by atoms with E-state index in [9.17, 15) is 9.59 Å². The second kappa shape index (κ2) is 9.46. The molecule has 0 aromatic heterocycles. The van der Waals surface area contributed by atoms with E-state index in [1.54, 1.807) is 6.07 Å². The maximum Gasteiger partial charge on any atom is 0.315 e. The molecule has 3 amide bonds. The smallest absolute Gasteiger partial charge is 0.315 e. The van der Waals surface area contributed by atoms with Crippen molar-refractivity contribution in [2.75, 3.05) is 6.54 Å². The average molecular weight is 240 g/mol. The van der Waals surface area contributed by atoms with E-state index in [1.165, 1.54) is 0 Å². The van der Waals surface area contributed by atoms with Crippen molar-refractivity contribution in [2.45, 2.75) is 45.1 Å². The first-order chi connectivity index (χ1) is 8.10. The number of nitrogens with one attached hydrogen (secondary N) is 2. The summed E-state index contributed by atoms with van der Waals surface area (Å²) in [6, 6.07) is 0.508. The van der Waals surface area contributed by atoms with Crippen molar-refractivity contribution in [1.82, 2.24) is 10.6 Å². The normalized spacial score (nSPS) is 11.3. The van der Waals surface area contributed by atoms with Gasteiger partial charge in [0, 0.05) is 6.54 Å². The zero-order chi connectivity index (χ0) is 13.1. The molecule has 0 aromatic carbocycles. The van der Waals surface area contributed by atoms with Gasteiger partial charge in [0.05, 0.1) is 12.5 Å². The molecule has 0 saturated carbocycles. The summed E-state index contributed by atoms with van der Waals surface area (Å²) in [5.74, 6) is -0.611. The Morgan fingerprint density at radius 2 is 2.06 bits per heavy atom. The maximum atomic E-state index is 11.3. The highest BCUT2D eigenvalue weighted by atomic mass is 16.2. The number of amides is 3. The maximum absolute atomic E-state index is 11.3. The zero-order valence-electron chi connectivity index (χ0n) is 10.2. The van der Waals surface area contributed by atoms with Crippen molar-refractivity contribution < 1.29 is 9.59 Å². The summed E-state index contributed by atoms with van der Waals surface area (Å²) in [7, 11) is 0. The number of carbonyl (C=O) groups is 2. The van der Waals surface area contributed by atoms with E-state index in [4.69, 9.17) is 11.0 Å². The monoisotopic (exact) mass is 240 g/mol. The third-order valence-electron chi connectivity index (χ3n) is 2.18. The predicted molar refractivity (Wildman–Crippen MR) is 63.9 cm³/mol. The molecule has 4 N–H and O–H groups in total. The second-order valence-corrected chi connectivity index (χ2v) is 3.81. The number of nitrogens with zero attached hydrogens (tertiary/aromatic N) is 1. The summed E-state index contributed by atoms with van der Waals surface area (Å²) < 4.78 is 0. The van der Waals surface area contributed by atoms with Crippen molar-refractivity contribution in [1.29, 1.82) is 5.26 Å². The summed E-state index contributed by atoms with van der Waals surface area (Å²) in [6.45, 7) is 2.68. The first-order valence-corrected chi connectivity index (χ1v) is 5.82. The fourth-order valence-electron chi connectivity index (χ4n) is 1.29. The lowest BCUT2D eigenvalue weighted by Gasteiger charge is -2.10. The highest BCUT2D eigenvalue weighted by Crippen LogP contribution is 1.97. The van der Waals surface area contributed by atoms with E-state index in [2.05, 4.69) is 17.6 Å². The molecule has 96 valence electrons. The van der Waals surface area contributed by atoms with Gasteiger partial charge in [-0.2, -0.15) is 5.26 Å². The lowest BCUT2D eigenvalue weighted by molar-refractivity contribution is -0.118. The van der Waals surface area contributed by atoms with E-state index in [0.29, 0.717) is 6.54 Å². The lowest BCUT2D eigenvalue weighted by Crippen LogP contribution is -2.43. The lowest BCUT2D eigenvalue weighted by atomic mass is 10.2. The standard InChI is InChI=1S/C11H20N4O2/c1-2-3-4-5-6-14-11(17)15-9(8-12)7-10(13)16/h9H,2-7H2,1H3,(H2,13,16)(H2,14,15,17)/t9-/m1/s1. The van der Waals surface area contributed by atoms with Crippen LogP contribution in [0.4, 0.5) is 4.79 Å². The summed E-state index contributed by atoms with van der Waals surface area (Å²) in [4.78, 5) is 21.9. The third-order valence-corrected chi connectivity index (χ3v) is 2.18. The van der Waals surface area contributed by atoms with Gasteiger partial charge in [0.1, 0.15) is 6.04 Å². The van der Waals surface area contributed by atoms with Crippen LogP contribution in [0.5, 0.6) is 0 Å². The van der Waals surface area contributed by atoms with Crippen LogP contribution in [-0.4, -0.2) is 24.5 Å². The van der Waals surface area contributed by atoms with Crippen molar-refractivity contribution >= 4 is 11.9 Å². The minimum atomic E-state index is -0.858. The van der Waals surface area contributed by atoms with Gasteiger partial charge in [-0.15, -0.1) is 0 Å². The Labute approximate surface area is 102 Å². The first-order valence-electron chi connectivity index (χ1n) is 5.82. The van der Waals surface area contributed by atoms with E-state index >= 15 is 0 Å². The molecule has 0 aliphatic rings. The number of nitriles is 1. The van der Waals surface area contributed by atoms with Gasteiger partial charge in [-0.05, 0) is 6.42 Å². The van der Waals surface area contributed by atoms with Gasteiger partial charge in [0.25, 0.3) is 0 Å². The molecule has 0 aliphatic heterocycles. The van der Waals surface area contributed by atoms with Crippen LogP contribution in [0.2, 0.25) is 0 Å². The summed E-state index contributed by atoms with van der Waals surface area (Å²) in [5, 5.41) is 13.7. The Bertz CT molecular complexity index is 286. The van der Waals surface area contributed by atoms with Gasteiger partial charge in [-0.1, -0.05) is 26.2 Å². The first kappa shape index (κ1) is 15.2. The predicted octanol–water partition coefficient (Wildman–Crippen LogP) is 0.633. The Balaban J connectivity index is 3.69. The molecule has 0 aromatic rings. The fourth-order valence-corrected chi connectivity index (χ4v) is 1.29. The summed E-state index contributed by atoms with van der Waals surface area (Å²) in [6.07, 6.45) is 4.10. The molecule has 6 nitrogen and oxygen atoms in total. The number of primary amides is 1. The summed E-state index contributed by atoms with van der Waals surface area (Å²) in [5.41, 5.74) is 4.94. The van der Waals surface area contributed by atoms with E-state index in [-0.39, 0.29) is 6.42 Å². The number of urea groups is 1. The number of unbranched alkanes of at least 4 members (excludes halogenated alkanes) is 3. The van der Waals surface area contributed by atoms with Gasteiger partial charge in [0.15, 0.2) is 0 Å². The molecule has 0 radical (unpaired) electrons. The van der Waals surface area contributed by atoms with Crippen LogP contribution in [0.15, 0.2) is 0 Å². The van der Waals surface area contributed by atoms with Crippen molar-refractivity contribution in [3.05, 3.63) is 0 Å². The topological polar surface area (TPSA) is 108 Å². The Hall–Kier alpha value is -1.77. The van der Waals surface area contributed by atoms with Gasteiger partial charge in [0.2, 0.25) is 5.91 Å². The molecule has 0 saturated heterocycles. The van der Waals surface area contributed by atoms with Crippen LogP contribution >= 0.6 is 0 Å². The zero-order valence-corrected chi connectivity index (χ0v) is 10.2. The Morgan fingerprint density at radius 1 is 1.35 bits per heavy atom. The fraction of sp³-hybridized carbons (Fsp3) is 0.727. The van der Waals surface area contributed by atoms with Crippen LogP contribution in [0.3, 0.4) is 0 Å². The molecular formula is C11H20N4O2. The molecule has 0 aliphatic carbocycles. The highest BCUT2D eigenvalue weighted by Gasteiger charge is 2.13. The van der Waals surface area contributed by atoms with Crippen molar-refractivity contribution in [3.63, 3.8) is 0 Å². The van der Waals surface area contributed by atoms with E-state index < -0.39 is 18.0 Å². The molecular weight excluding hydrogens is 220 g/mol. The molecule has 0 unspecified atom stereocenters.